The number of pyridine rings is 1. The lowest BCUT2D eigenvalue weighted by atomic mass is 9.89. The number of piperazine rings is 1. The molecule has 4 aliphatic rings. The lowest BCUT2D eigenvalue weighted by Crippen LogP contribution is -2.60. The van der Waals surface area contributed by atoms with Crippen LogP contribution in [0.4, 0.5) is 37.7 Å². The van der Waals surface area contributed by atoms with Crippen LogP contribution >= 0.6 is 12.2 Å². The van der Waals surface area contributed by atoms with E-state index in [-0.39, 0.29) is 74.5 Å². The largest absolute Gasteiger partial charge is 0.419 e. The Morgan fingerprint density at radius 3 is 2.47 bits per heavy atom. The number of hydrogen-bond donors (Lipinski definition) is 2. The first-order chi connectivity index (χ1) is 29.2. The molecule has 3 saturated heterocycles. The minimum absolute atomic E-state index is 0.0197. The van der Waals surface area contributed by atoms with Crippen molar-refractivity contribution in [2.24, 2.45) is 7.05 Å². The number of para-hydroxylation sites is 1. The molecule has 1 aliphatic carbocycles. The molecule has 2 N–H and O–H groups in total. The molecule has 2 aromatic heterocycles. The maximum atomic E-state index is 14.4. The van der Waals surface area contributed by atoms with Gasteiger partial charge >= 0.3 is 12.4 Å². The number of carbonyl (C=O) groups excluding carboxylic acids is 4. The summed E-state index contributed by atoms with van der Waals surface area (Å²) in [6, 6.07) is 4.95. The minimum atomic E-state index is -4.88. The van der Waals surface area contributed by atoms with Crippen LogP contribution in [0.15, 0.2) is 30.5 Å². The zero-order valence-corrected chi connectivity index (χ0v) is 34.8. The number of hydrogen-bond acceptors (Lipinski definition) is 11. The second-order valence-electron chi connectivity index (χ2n) is 16.4. The van der Waals surface area contributed by atoms with Crippen LogP contribution in [0.1, 0.15) is 75.2 Å². The third-order valence-electron chi connectivity index (χ3n) is 12.1. The zero-order valence-electron chi connectivity index (χ0n) is 34.0. The van der Waals surface area contributed by atoms with Crippen molar-refractivity contribution < 1.29 is 50.3 Å². The number of ether oxygens (including phenoxy) is 1. The smallest absolute Gasteiger partial charge is 0.377 e. The van der Waals surface area contributed by atoms with E-state index in [2.05, 4.69) is 20.7 Å². The number of nitriles is 1. The summed E-state index contributed by atoms with van der Waals surface area (Å²) in [4.78, 5) is 60.3. The Kier molecular flexibility index (Phi) is 12.4. The number of carbonyl (C=O) groups is 4. The summed E-state index contributed by atoms with van der Waals surface area (Å²) in [6.45, 7) is 2.98. The number of rotatable bonds is 10. The van der Waals surface area contributed by atoms with Crippen molar-refractivity contribution in [3.8, 4) is 6.07 Å². The molecule has 0 radical (unpaired) electrons. The number of fused-ring (bicyclic) bond motifs is 1. The lowest BCUT2D eigenvalue weighted by molar-refractivity contribution is -0.197. The van der Waals surface area contributed by atoms with E-state index in [0.29, 0.717) is 54.0 Å². The second kappa shape index (κ2) is 17.1. The van der Waals surface area contributed by atoms with Gasteiger partial charge < -0.3 is 15.0 Å². The molecular formula is C40H44F6N10O5S. The first-order valence-electron chi connectivity index (χ1n) is 20.1. The highest BCUT2D eigenvalue weighted by molar-refractivity contribution is 7.80. The molecule has 0 spiro atoms. The topological polar surface area (TPSA) is 169 Å². The quantitative estimate of drug-likeness (QED) is 0.165. The number of aromatic nitrogens is 3. The summed E-state index contributed by atoms with van der Waals surface area (Å²) in [5.74, 6) is -2.71. The van der Waals surface area contributed by atoms with Crippen LogP contribution in [-0.4, -0.2) is 127 Å². The van der Waals surface area contributed by atoms with Crippen molar-refractivity contribution in [2.75, 3.05) is 49.5 Å². The van der Waals surface area contributed by atoms with Crippen LogP contribution in [0.25, 0.3) is 10.9 Å². The fourth-order valence-electron chi connectivity index (χ4n) is 8.98. The molecule has 0 bridgehead atoms. The SMILES string of the molecule is Cn1nc(C2CCC(=O)NC2=O)c2cccc(NC(=O)CN3CCN(CCO[C@H]4CC[C@H](N5C(=S)N(c6cnc(C#N)c(C(F)(F)F)c6)C(=O)C5(C)C)CC4)C[C@@H]3C(F)(F)F)c21. The van der Waals surface area contributed by atoms with Gasteiger partial charge in [-0.1, -0.05) is 12.1 Å². The average molecular weight is 891 g/mol. The van der Waals surface area contributed by atoms with Crippen molar-refractivity contribution in [3.05, 3.63) is 47.4 Å². The summed E-state index contributed by atoms with van der Waals surface area (Å²) in [5, 5.41) is 19.3. The van der Waals surface area contributed by atoms with E-state index in [9.17, 15) is 45.5 Å². The Morgan fingerprint density at radius 1 is 1.08 bits per heavy atom. The van der Waals surface area contributed by atoms with E-state index in [0.717, 1.165) is 16.0 Å². The van der Waals surface area contributed by atoms with Gasteiger partial charge in [0.2, 0.25) is 17.7 Å². The van der Waals surface area contributed by atoms with Gasteiger partial charge in [0.05, 0.1) is 59.5 Å². The highest BCUT2D eigenvalue weighted by Gasteiger charge is 2.53. The molecule has 7 rings (SSSR count). The predicted molar refractivity (Wildman–Crippen MR) is 214 cm³/mol. The minimum Gasteiger partial charge on any atom is -0.377 e. The number of alkyl halides is 6. The Bertz CT molecular complexity index is 2320. The van der Waals surface area contributed by atoms with Gasteiger partial charge in [-0.05, 0) is 70.3 Å². The maximum Gasteiger partial charge on any atom is 0.419 e. The van der Waals surface area contributed by atoms with Crippen LogP contribution in [-0.2, 0) is 37.1 Å². The van der Waals surface area contributed by atoms with E-state index in [4.69, 9.17) is 22.2 Å². The normalized spacial score (nSPS) is 24.1. The molecule has 5 heterocycles. The summed E-state index contributed by atoms with van der Waals surface area (Å²) < 4.78 is 92.1. The van der Waals surface area contributed by atoms with Crippen LogP contribution in [0.5, 0.6) is 0 Å². The van der Waals surface area contributed by atoms with Gasteiger partial charge in [0, 0.05) is 51.1 Å². The third kappa shape index (κ3) is 8.85. The van der Waals surface area contributed by atoms with Gasteiger partial charge in [0.1, 0.15) is 17.6 Å². The molecule has 62 heavy (non-hydrogen) atoms. The molecule has 1 saturated carbocycles. The number of anilines is 2. The molecule has 3 aliphatic heterocycles. The number of piperidine rings is 1. The summed E-state index contributed by atoms with van der Waals surface area (Å²) >= 11 is 5.66. The van der Waals surface area contributed by atoms with Gasteiger partial charge in [0.25, 0.3) is 5.91 Å². The fraction of sp³-hybridized carbons (Fsp3) is 0.550. The van der Waals surface area contributed by atoms with Gasteiger partial charge in [-0.2, -0.15) is 36.7 Å². The molecule has 332 valence electrons. The molecule has 15 nitrogen and oxygen atoms in total. The Balaban J connectivity index is 0.910. The van der Waals surface area contributed by atoms with Gasteiger partial charge in [-0.15, -0.1) is 0 Å². The summed E-state index contributed by atoms with van der Waals surface area (Å²) in [5.41, 5.74) is -2.25. The number of benzene rings is 1. The van der Waals surface area contributed by atoms with E-state index >= 15 is 0 Å². The van der Waals surface area contributed by atoms with Crippen LogP contribution in [0, 0.1) is 11.3 Å². The highest BCUT2D eigenvalue weighted by Crippen LogP contribution is 2.41. The zero-order chi connectivity index (χ0) is 44.9. The molecule has 1 unspecified atom stereocenters. The molecule has 3 aromatic rings. The van der Waals surface area contributed by atoms with E-state index in [1.165, 1.54) is 10.8 Å². The van der Waals surface area contributed by atoms with Crippen molar-refractivity contribution >= 4 is 63.2 Å². The molecular weight excluding hydrogens is 847 g/mol. The molecule has 1 aromatic carbocycles. The number of halogens is 6. The van der Waals surface area contributed by atoms with E-state index < -0.39 is 65.4 Å². The lowest BCUT2D eigenvalue weighted by Gasteiger charge is -2.42. The van der Waals surface area contributed by atoms with Crippen LogP contribution < -0.4 is 15.5 Å². The molecule has 2 atom stereocenters. The maximum absolute atomic E-state index is 14.4. The molecule has 4 amide bonds. The van der Waals surface area contributed by atoms with Crippen molar-refractivity contribution in [1.82, 2.24) is 34.8 Å². The van der Waals surface area contributed by atoms with Crippen LogP contribution in [0.2, 0.25) is 0 Å². The predicted octanol–water partition coefficient (Wildman–Crippen LogP) is 4.61. The third-order valence-corrected chi connectivity index (χ3v) is 12.5. The average Bonchev–Trinajstić information content (AvgIpc) is 3.63. The Hall–Kier alpha value is -5.24. The molecule has 22 heteroatoms. The number of thiocarbonyl (C=S) groups is 1. The monoisotopic (exact) mass is 890 g/mol. The highest BCUT2D eigenvalue weighted by atomic mass is 32.1. The standard InChI is InChI=1S/C40H44F6N10O5S/c1-38(2)36(60)55(23-17-27(39(41,42)43)29(18-47)48-19-23)37(62)56(38)22-7-9-24(10-8-22)61-16-15-53-13-14-54(30(20-53)40(44,45)46)21-32(58)49-28-6-4-5-25-33(51-52(3)34(25)28)26-11-12-31(57)50-35(26)59/h4-6,17,19,22,24,26,30H,7-16,20-21H2,1-3H3,(H,49,58)(H,50,57,59)/t22-,24-,26?,30-/m1/s1. The summed E-state index contributed by atoms with van der Waals surface area (Å²) in [6.07, 6.45) is -6.14. The molecule has 4 fully saturated rings. The number of imide groups is 1. The number of amides is 4. The number of aryl methyl sites for hydroxylation is 1. The van der Waals surface area contributed by atoms with E-state index in [1.54, 1.807) is 48.9 Å². The number of nitrogens with zero attached hydrogens (tertiary/aromatic N) is 8. The van der Waals surface area contributed by atoms with Crippen molar-refractivity contribution in [2.45, 2.75) is 94.4 Å². The van der Waals surface area contributed by atoms with Crippen LogP contribution in [0.3, 0.4) is 0 Å². The van der Waals surface area contributed by atoms with Gasteiger partial charge in [-0.25, -0.2) is 4.98 Å². The Morgan fingerprint density at radius 2 is 1.81 bits per heavy atom. The fourth-order valence-corrected chi connectivity index (χ4v) is 9.55. The first-order valence-corrected chi connectivity index (χ1v) is 20.5. The van der Waals surface area contributed by atoms with Crippen molar-refractivity contribution in [3.63, 3.8) is 0 Å². The summed E-state index contributed by atoms with van der Waals surface area (Å²) in [7, 11) is 1.63. The van der Waals surface area contributed by atoms with Gasteiger partial charge in [0.15, 0.2) is 10.8 Å². The number of nitrogens with one attached hydrogen (secondary N) is 2. The van der Waals surface area contributed by atoms with Gasteiger partial charge in [-0.3, -0.25) is 43.9 Å². The van der Waals surface area contributed by atoms with E-state index in [1.807, 2.05) is 0 Å². The Labute approximate surface area is 357 Å². The van der Waals surface area contributed by atoms with Crippen molar-refractivity contribution in [1.29, 1.82) is 5.26 Å². The first kappa shape index (κ1) is 44.8. The second-order valence-corrected chi connectivity index (χ2v) is 16.8.